The molecular formula is C15H14BrFN2O. The van der Waals surface area contributed by atoms with Crippen LogP contribution in [-0.2, 0) is 4.79 Å². The number of carbonyl (C=O) groups is 1. The van der Waals surface area contributed by atoms with Crippen LogP contribution < -0.4 is 10.6 Å². The van der Waals surface area contributed by atoms with Crippen molar-refractivity contribution in [3.05, 3.63) is 58.3 Å². The summed E-state index contributed by atoms with van der Waals surface area (Å²) in [6.45, 7) is 1.95. The lowest BCUT2D eigenvalue weighted by molar-refractivity contribution is -0.114. The first-order chi connectivity index (χ1) is 9.54. The van der Waals surface area contributed by atoms with Gasteiger partial charge in [0.15, 0.2) is 0 Å². The number of rotatable bonds is 4. The van der Waals surface area contributed by atoms with Crippen LogP contribution >= 0.6 is 15.9 Å². The van der Waals surface area contributed by atoms with E-state index >= 15 is 0 Å². The molecule has 0 heterocycles. The van der Waals surface area contributed by atoms with Gasteiger partial charge in [-0.05, 0) is 42.8 Å². The van der Waals surface area contributed by atoms with Crippen LogP contribution in [0, 0.1) is 12.7 Å². The Labute approximate surface area is 125 Å². The van der Waals surface area contributed by atoms with Gasteiger partial charge in [-0.25, -0.2) is 4.39 Å². The Balaban J connectivity index is 1.94. The first kappa shape index (κ1) is 14.5. The molecule has 0 saturated carbocycles. The fraction of sp³-hybridized carbons (Fsp3) is 0.133. The molecule has 0 aliphatic carbocycles. The van der Waals surface area contributed by atoms with Crippen LogP contribution in [0.4, 0.5) is 15.8 Å². The second-order valence-electron chi connectivity index (χ2n) is 4.40. The number of carbonyl (C=O) groups excluding carboxylic acids is 1. The standard InChI is InChI=1S/C15H14BrFN2O/c1-10-3-2-4-12(7-10)19-15(20)9-18-14-8-11(16)5-6-13(14)17/h2-8,18H,9H2,1H3,(H,19,20). The molecule has 2 N–H and O–H groups in total. The number of anilines is 2. The summed E-state index contributed by atoms with van der Waals surface area (Å²) >= 11 is 3.26. The summed E-state index contributed by atoms with van der Waals surface area (Å²) in [5, 5.41) is 5.52. The normalized spacial score (nSPS) is 10.2. The molecule has 0 atom stereocenters. The third-order valence-corrected chi connectivity index (χ3v) is 3.16. The van der Waals surface area contributed by atoms with Crippen LogP contribution in [0.1, 0.15) is 5.56 Å². The Kier molecular flexibility index (Phi) is 4.74. The van der Waals surface area contributed by atoms with E-state index in [1.807, 2.05) is 31.2 Å². The summed E-state index contributed by atoms with van der Waals surface area (Å²) in [6.07, 6.45) is 0. The van der Waals surface area contributed by atoms with Gasteiger partial charge in [-0.2, -0.15) is 0 Å². The Bertz CT molecular complexity index is 631. The van der Waals surface area contributed by atoms with E-state index in [1.54, 1.807) is 12.1 Å². The van der Waals surface area contributed by atoms with E-state index in [-0.39, 0.29) is 12.5 Å². The molecule has 0 aromatic heterocycles. The zero-order valence-corrected chi connectivity index (χ0v) is 12.5. The van der Waals surface area contributed by atoms with Crippen molar-refractivity contribution in [3.8, 4) is 0 Å². The second-order valence-corrected chi connectivity index (χ2v) is 5.31. The van der Waals surface area contributed by atoms with E-state index in [0.29, 0.717) is 5.69 Å². The van der Waals surface area contributed by atoms with Crippen molar-refractivity contribution in [2.75, 3.05) is 17.2 Å². The van der Waals surface area contributed by atoms with Crippen LogP contribution in [0.5, 0.6) is 0 Å². The fourth-order valence-corrected chi connectivity index (χ4v) is 2.10. The predicted octanol–water partition coefficient (Wildman–Crippen LogP) is 3.95. The van der Waals surface area contributed by atoms with Crippen molar-refractivity contribution in [2.45, 2.75) is 6.92 Å². The molecule has 5 heteroatoms. The first-order valence-electron chi connectivity index (χ1n) is 6.10. The van der Waals surface area contributed by atoms with E-state index in [2.05, 4.69) is 26.6 Å². The van der Waals surface area contributed by atoms with E-state index in [4.69, 9.17) is 0 Å². The lowest BCUT2D eigenvalue weighted by Gasteiger charge is -2.09. The van der Waals surface area contributed by atoms with Gasteiger partial charge in [0, 0.05) is 10.2 Å². The highest BCUT2D eigenvalue weighted by Crippen LogP contribution is 2.19. The maximum atomic E-state index is 13.5. The van der Waals surface area contributed by atoms with Gasteiger partial charge in [-0.15, -0.1) is 0 Å². The van der Waals surface area contributed by atoms with Gasteiger partial charge in [-0.1, -0.05) is 28.1 Å². The van der Waals surface area contributed by atoms with Crippen molar-refractivity contribution in [2.24, 2.45) is 0 Å². The monoisotopic (exact) mass is 336 g/mol. The van der Waals surface area contributed by atoms with Crippen molar-refractivity contribution >= 4 is 33.2 Å². The Morgan fingerprint density at radius 2 is 2.05 bits per heavy atom. The third-order valence-electron chi connectivity index (χ3n) is 2.67. The summed E-state index contributed by atoms with van der Waals surface area (Å²) in [5.41, 5.74) is 2.08. The summed E-state index contributed by atoms with van der Waals surface area (Å²) in [7, 11) is 0. The van der Waals surface area contributed by atoms with Crippen molar-refractivity contribution in [3.63, 3.8) is 0 Å². The summed E-state index contributed by atoms with van der Waals surface area (Å²) < 4.78 is 14.2. The molecule has 3 nitrogen and oxygen atoms in total. The van der Waals surface area contributed by atoms with Gasteiger partial charge in [0.1, 0.15) is 5.82 Å². The maximum absolute atomic E-state index is 13.5. The van der Waals surface area contributed by atoms with Gasteiger partial charge in [0.25, 0.3) is 0 Å². The average molecular weight is 337 g/mol. The Hall–Kier alpha value is -1.88. The largest absolute Gasteiger partial charge is 0.374 e. The summed E-state index contributed by atoms with van der Waals surface area (Å²) in [4.78, 5) is 11.8. The second kappa shape index (κ2) is 6.52. The summed E-state index contributed by atoms with van der Waals surface area (Å²) in [5.74, 6) is -0.619. The molecule has 0 radical (unpaired) electrons. The van der Waals surface area contributed by atoms with Crippen LogP contribution in [0.25, 0.3) is 0 Å². The SMILES string of the molecule is Cc1cccc(NC(=O)CNc2cc(Br)ccc2F)c1. The zero-order valence-electron chi connectivity index (χ0n) is 10.9. The molecule has 0 aliphatic heterocycles. The number of amides is 1. The van der Waals surface area contributed by atoms with Gasteiger partial charge in [-0.3, -0.25) is 4.79 Å². The molecule has 20 heavy (non-hydrogen) atoms. The van der Waals surface area contributed by atoms with Crippen molar-refractivity contribution in [1.82, 2.24) is 0 Å². The van der Waals surface area contributed by atoms with Crippen LogP contribution in [-0.4, -0.2) is 12.5 Å². The Morgan fingerprint density at radius 3 is 2.80 bits per heavy atom. The number of benzene rings is 2. The highest BCUT2D eigenvalue weighted by Gasteiger charge is 2.06. The van der Waals surface area contributed by atoms with Gasteiger partial charge in [0.05, 0.1) is 12.2 Å². The fourth-order valence-electron chi connectivity index (χ4n) is 1.74. The molecule has 2 aromatic rings. The summed E-state index contributed by atoms with van der Waals surface area (Å²) in [6, 6.07) is 12.0. The Morgan fingerprint density at radius 1 is 1.25 bits per heavy atom. The molecule has 0 spiro atoms. The quantitative estimate of drug-likeness (QED) is 0.887. The van der Waals surface area contributed by atoms with E-state index in [0.717, 1.165) is 15.7 Å². The molecule has 1 amide bonds. The number of aryl methyl sites for hydroxylation is 1. The van der Waals surface area contributed by atoms with Gasteiger partial charge in [0.2, 0.25) is 5.91 Å². The molecule has 0 bridgehead atoms. The number of nitrogens with one attached hydrogen (secondary N) is 2. The molecule has 2 aromatic carbocycles. The highest BCUT2D eigenvalue weighted by atomic mass is 79.9. The van der Waals surface area contributed by atoms with Crippen LogP contribution in [0.2, 0.25) is 0 Å². The highest BCUT2D eigenvalue weighted by molar-refractivity contribution is 9.10. The molecular weight excluding hydrogens is 323 g/mol. The van der Waals surface area contributed by atoms with Gasteiger partial charge < -0.3 is 10.6 Å². The average Bonchev–Trinajstić information content (AvgIpc) is 2.40. The lowest BCUT2D eigenvalue weighted by atomic mass is 10.2. The minimum absolute atomic E-state index is 0.00130. The van der Waals surface area contributed by atoms with E-state index in [9.17, 15) is 9.18 Å². The number of hydrogen-bond donors (Lipinski definition) is 2. The molecule has 0 saturated heterocycles. The number of hydrogen-bond acceptors (Lipinski definition) is 2. The molecule has 104 valence electrons. The zero-order chi connectivity index (χ0) is 14.5. The third kappa shape index (κ3) is 4.06. The lowest BCUT2D eigenvalue weighted by Crippen LogP contribution is -2.22. The topological polar surface area (TPSA) is 41.1 Å². The predicted molar refractivity (Wildman–Crippen MR) is 82.4 cm³/mol. The minimum atomic E-state index is -0.392. The van der Waals surface area contributed by atoms with E-state index in [1.165, 1.54) is 6.07 Å². The number of halogens is 2. The van der Waals surface area contributed by atoms with Gasteiger partial charge >= 0.3 is 0 Å². The van der Waals surface area contributed by atoms with Crippen LogP contribution in [0.3, 0.4) is 0 Å². The minimum Gasteiger partial charge on any atom is -0.374 e. The molecule has 0 fully saturated rings. The van der Waals surface area contributed by atoms with Crippen LogP contribution in [0.15, 0.2) is 46.9 Å². The van der Waals surface area contributed by atoms with Crippen molar-refractivity contribution < 1.29 is 9.18 Å². The van der Waals surface area contributed by atoms with E-state index < -0.39 is 5.82 Å². The molecule has 0 aliphatic rings. The molecule has 2 rings (SSSR count). The smallest absolute Gasteiger partial charge is 0.243 e. The first-order valence-corrected chi connectivity index (χ1v) is 6.89. The maximum Gasteiger partial charge on any atom is 0.243 e. The molecule has 0 unspecified atom stereocenters. The van der Waals surface area contributed by atoms with Crippen molar-refractivity contribution in [1.29, 1.82) is 0 Å².